The number of fused-ring (bicyclic) bond motifs is 2. The van der Waals surface area contributed by atoms with Gasteiger partial charge in [0, 0.05) is 37.1 Å². The van der Waals surface area contributed by atoms with E-state index >= 15 is 0 Å². The Balaban J connectivity index is 1.29. The third-order valence-electron chi connectivity index (χ3n) is 6.36. The van der Waals surface area contributed by atoms with Crippen LogP contribution in [0.15, 0.2) is 45.9 Å². The highest BCUT2D eigenvalue weighted by Crippen LogP contribution is 2.36. The minimum Gasteiger partial charge on any atom is -0.443 e. The molecule has 2 bridgehead atoms. The third-order valence-corrected chi connectivity index (χ3v) is 6.36. The van der Waals surface area contributed by atoms with Crippen molar-refractivity contribution >= 4 is 5.96 Å². The Hall–Kier alpha value is -2.34. The number of benzene rings is 1. The molecule has 6 nitrogen and oxygen atoms in total. The van der Waals surface area contributed by atoms with Crippen LogP contribution in [0.1, 0.15) is 63.7 Å². The highest BCUT2D eigenvalue weighted by Gasteiger charge is 2.40. The highest BCUT2D eigenvalue weighted by molar-refractivity contribution is 5.79. The zero-order chi connectivity index (χ0) is 21.1. The number of hydrogen-bond acceptors (Lipinski definition) is 4. The molecule has 2 aliphatic rings. The summed E-state index contributed by atoms with van der Waals surface area (Å²) in [5.41, 5.74) is 1.39. The van der Waals surface area contributed by atoms with E-state index in [1.165, 1.54) is 18.4 Å². The van der Waals surface area contributed by atoms with Gasteiger partial charge in [0.1, 0.15) is 5.76 Å². The molecule has 2 fully saturated rings. The van der Waals surface area contributed by atoms with E-state index in [4.69, 9.17) is 4.42 Å². The van der Waals surface area contributed by atoms with Crippen molar-refractivity contribution in [3.8, 4) is 0 Å². The lowest BCUT2D eigenvalue weighted by molar-refractivity contribution is 0.114. The first kappa shape index (κ1) is 20.9. The predicted octanol–water partition coefficient (Wildman–Crippen LogP) is 3.83. The second kappa shape index (κ2) is 8.80. The van der Waals surface area contributed by atoms with Crippen molar-refractivity contribution in [3.05, 3.63) is 53.7 Å². The van der Waals surface area contributed by atoms with Crippen LogP contribution in [0.3, 0.4) is 0 Å². The topological polar surface area (TPSA) is 65.7 Å². The molecule has 4 rings (SSSR count). The van der Waals surface area contributed by atoms with Crippen LogP contribution in [-0.2, 0) is 18.5 Å². The van der Waals surface area contributed by atoms with Gasteiger partial charge in [-0.3, -0.25) is 9.89 Å². The van der Waals surface area contributed by atoms with Gasteiger partial charge in [-0.05, 0) is 31.2 Å². The van der Waals surface area contributed by atoms with Gasteiger partial charge in [-0.25, -0.2) is 4.98 Å². The molecule has 0 amide bonds. The fraction of sp³-hybridized carbons (Fsp3) is 0.583. The SMILES string of the molecule is CN=C(NCc1ncc(C(C)(C)C)o1)NC1CC2CCC(C1)N2Cc1ccccc1. The molecule has 0 spiro atoms. The minimum atomic E-state index is -0.0296. The Bertz CT molecular complexity index is 840. The second-order valence-electron chi connectivity index (χ2n) is 9.65. The molecule has 0 saturated carbocycles. The molecule has 3 heterocycles. The number of rotatable bonds is 5. The molecule has 1 aromatic carbocycles. The molecule has 6 heteroatoms. The lowest BCUT2D eigenvalue weighted by atomic mass is 9.94. The Labute approximate surface area is 180 Å². The van der Waals surface area contributed by atoms with Crippen LogP contribution < -0.4 is 10.6 Å². The van der Waals surface area contributed by atoms with Crippen molar-refractivity contribution in [2.45, 2.75) is 83.1 Å². The van der Waals surface area contributed by atoms with E-state index < -0.39 is 0 Å². The summed E-state index contributed by atoms with van der Waals surface area (Å²) in [5.74, 6) is 2.43. The molecule has 0 aliphatic carbocycles. The van der Waals surface area contributed by atoms with E-state index in [1.807, 2.05) is 13.2 Å². The first-order valence-electron chi connectivity index (χ1n) is 11.1. The Morgan fingerprint density at radius 1 is 1.17 bits per heavy atom. The van der Waals surface area contributed by atoms with Gasteiger partial charge < -0.3 is 15.1 Å². The number of piperidine rings is 1. The molecular formula is C24H35N5O. The van der Waals surface area contributed by atoms with Gasteiger partial charge >= 0.3 is 0 Å². The number of oxazole rings is 1. The number of hydrogen-bond donors (Lipinski definition) is 2. The van der Waals surface area contributed by atoms with Gasteiger partial charge in [0.25, 0.3) is 0 Å². The van der Waals surface area contributed by atoms with E-state index in [-0.39, 0.29) is 5.41 Å². The zero-order valence-corrected chi connectivity index (χ0v) is 18.7. The second-order valence-corrected chi connectivity index (χ2v) is 9.65. The third kappa shape index (κ3) is 4.86. The van der Waals surface area contributed by atoms with Crippen LogP contribution in [-0.4, -0.2) is 41.0 Å². The summed E-state index contributed by atoms with van der Waals surface area (Å²) in [6, 6.07) is 12.6. The standard InChI is InChI=1S/C24H35N5O/c1-24(2,3)21-14-26-22(30-21)15-27-23(25-4)28-18-12-19-10-11-20(13-18)29(19)16-17-8-6-5-7-9-17/h5-9,14,18-20H,10-13,15-16H2,1-4H3,(H2,25,27,28). The van der Waals surface area contributed by atoms with Crippen LogP contribution in [0.25, 0.3) is 0 Å². The number of guanidine groups is 1. The molecule has 2 unspecified atom stereocenters. The van der Waals surface area contributed by atoms with Crippen LogP contribution in [0.2, 0.25) is 0 Å². The Morgan fingerprint density at radius 2 is 1.87 bits per heavy atom. The quantitative estimate of drug-likeness (QED) is 0.580. The number of nitrogens with zero attached hydrogens (tertiary/aromatic N) is 3. The van der Waals surface area contributed by atoms with Crippen molar-refractivity contribution in [2.75, 3.05) is 7.05 Å². The lowest BCUT2D eigenvalue weighted by Crippen LogP contribution is -2.52. The van der Waals surface area contributed by atoms with E-state index in [2.05, 4.69) is 76.6 Å². The van der Waals surface area contributed by atoms with Crippen LogP contribution >= 0.6 is 0 Å². The van der Waals surface area contributed by atoms with Crippen LogP contribution in [0, 0.1) is 0 Å². The fourth-order valence-electron chi connectivity index (χ4n) is 4.73. The van der Waals surface area contributed by atoms with E-state index in [0.717, 1.165) is 31.1 Å². The van der Waals surface area contributed by atoms with Gasteiger partial charge in [0.05, 0.1) is 12.7 Å². The Morgan fingerprint density at radius 3 is 2.47 bits per heavy atom. The molecule has 2 N–H and O–H groups in total. The summed E-state index contributed by atoms with van der Waals surface area (Å²) in [6.07, 6.45) is 6.75. The van der Waals surface area contributed by atoms with Crippen molar-refractivity contribution in [3.63, 3.8) is 0 Å². The maximum absolute atomic E-state index is 5.88. The monoisotopic (exact) mass is 409 g/mol. The number of aliphatic imine (C=N–C) groups is 1. The lowest BCUT2D eigenvalue weighted by Gasteiger charge is -2.39. The van der Waals surface area contributed by atoms with Gasteiger partial charge in [0.15, 0.2) is 5.96 Å². The summed E-state index contributed by atoms with van der Waals surface area (Å²) in [5, 5.41) is 7.01. The maximum atomic E-state index is 5.88. The van der Waals surface area contributed by atoms with Crippen molar-refractivity contribution in [1.29, 1.82) is 0 Å². The molecule has 162 valence electrons. The van der Waals surface area contributed by atoms with Crippen molar-refractivity contribution in [2.24, 2.45) is 4.99 Å². The molecule has 1 aromatic heterocycles. The normalized spacial score (nSPS) is 24.8. The highest BCUT2D eigenvalue weighted by atomic mass is 16.4. The van der Waals surface area contributed by atoms with Crippen molar-refractivity contribution in [1.82, 2.24) is 20.5 Å². The zero-order valence-electron chi connectivity index (χ0n) is 18.7. The molecule has 2 aliphatic heterocycles. The van der Waals surface area contributed by atoms with Gasteiger partial charge in [-0.1, -0.05) is 51.1 Å². The Kier molecular flexibility index (Phi) is 6.14. The number of aromatic nitrogens is 1. The van der Waals surface area contributed by atoms with E-state index in [0.29, 0.717) is 30.6 Å². The smallest absolute Gasteiger partial charge is 0.213 e. The molecule has 0 radical (unpaired) electrons. The summed E-state index contributed by atoms with van der Waals surface area (Å²) < 4.78 is 5.88. The first-order valence-corrected chi connectivity index (χ1v) is 11.1. The average Bonchev–Trinajstić information content (AvgIpc) is 3.28. The van der Waals surface area contributed by atoms with E-state index in [9.17, 15) is 0 Å². The average molecular weight is 410 g/mol. The number of nitrogens with one attached hydrogen (secondary N) is 2. The van der Waals surface area contributed by atoms with Gasteiger partial charge in [0.2, 0.25) is 5.89 Å². The van der Waals surface area contributed by atoms with Crippen LogP contribution in [0.5, 0.6) is 0 Å². The fourth-order valence-corrected chi connectivity index (χ4v) is 4.73. The van der Waals surface area contributed by atoms with Crippen molar-refractivity contribution < 1.29 is 4.42 Å². The summed E-state index contributed by atoms with van der Waals surface area (Å²) in [6.45, 7) is 7.99. The summed E-state index contributed by atoms with van der Waals surface area (Å²) in [7, 11) is 1.82. The molecule has 2 aromatic rings. The van der Waals surface area contributed by atoms with Crippen LogP contribution in [0.4, 0.5) is 0 Å². The molecule has 2 saturated heterocycles. The largest absolute Gasteiger partial charge is 0.443 e. The van der Waals surface area contributed by atoms with Gasteiger partial charge in [-0.15, -0.1) is 0 Å². The first-order chi connectivity index (χ1) is 14.4. The van der Waals surface area contributed by atoms with Gasteiger partial charge in [-0.2, -0.15) is 0 Å². The summed E-state index contributed by atoms with van der Waals surface area (Å²) in [4.78, 5) is 11.5. The summed E-state index contributed by atoms with van der Waals surface area (Å²) >= 11 is 0. The maximum Gasteiger partial charge on any atom is 0.213 e. The van der Waals surface area contributed by atoms with E-state index in [1.54, 1.807) is 0 Å². The predicted molar refractivity (Wildman–Crippen MR) is 120 cm³/mol. The molecular weight excluding hydrogens is 374 g/mol. The minimum absolute atomic E-state index is 0.0296. The molecule has 2 atom stereocenters. The molecule has 30 heavy (non-hydrogen) atoms.